The van der Waals surface area contributed by atoms with Gasteiger partial charge in [-0.2, -0.15) is 0 Å². The van der Waals surface area contributed by atoms with Crippen LogP contribution in [0.15, 0.2) is 54.6 Å². The monoisotopic (exact) mass is 349 g/mol. The SMILES string of the molecule is O=C(NCc1nc2c(n1-c1ccccc1)CCCC2)c1ccccc1F. The number of imidazole rings is 1. The van der Waals surface area contributed by atoms with Crippen LogP contribution in [0.2, 0.25) is 0 Å². The molecule has 4 nitrogen and oxygen atoms in total. The summed E-state index contributed by atoms with van der Waals surface area (Å²) < 4.78 is 15.9. The van der Waals surface area contributed by atoms with Crippen LogP contribution in [0.4, 0.5) is 4.39 Å². The summed E-state index contributed by atoms with van der Waals surface area (Å²) >= 11 is 0. The maximum absolute atomic E-state index is 13.8. The second-order valence-electron chi connectivity index (χ2n) is 6.46. The molecule has 0 saturated carbocycles. The fourth-order valence-electron chi connectivity index (χ4n) is 3.50. The highest BCUT2D eigenvalue weighted by Gasteiger charge is 2.21. The molecule has 1 aromatic heterocycles. The summed E-state index contributed by atoms with van der Waals surface area (Å²) in [5.74, 6) is -0.160. The Morgan fingerprint density at radius 2 is 1.77 bits per heavy atom. The molecule has 1 heterocycles. The van der Waals surface area contributed by atoms with Crippen molar-refractivity contribution < 1.29 is 9.18 Å². The van der Waals surface area contributed by atoms with Crippen molar-refractivity contribution in [3.63, 3.8) is 0 Å². The van der Waals surface area contributed by atoms with Crippen molar-refractivity contribution in [2.45, 2.75) is 32.2 Å². The topological polar surface area (TPSA) is 46.9 Å². The van der Waals surface area contributed by atoms with E-state index in [-0.39, 0.29) is 12.1 Å². The highest BCUT2D eigenvalue weighted by molar-refractivity contribution is 5.94. The predicted octanol–water partition coefficient (Wildman–Crippen LogP) is 3.82. The van der Waals surface area contributed by atoms with Crippen LogP contribution in [0.5, 0.6) is 0 Å². The lowest BCUT2D eigenvalue weighted by Gasteiger charge is -2.15. The van der Waals surface area contributed by atoms with Crippen LogP contribution in [0.1, 0.15) is 40.4 Å². The number of hydrogen-bond donors (Lipinski definition) is 1. The number of carbonyl (C=O) groups is 1. The number of aromatic nitrogens is 2. The molecule has 0 atom stereocenters. The molecule has 4 rings (SSSR count). The number of aryl methyl sites for hydroxylation is 1. The number of carbonyl (C=O) groups excluding carboxylic acids is 1. The Kier molecular flexibility index (Phi) is 4.52. The summed E-state index contributed by atoms with van der Waals surface area (Å²) in [4.78, 5) is 17.1. The van der Waals surface area contributed by atoms with E-state index < -0.39 is 11.7 Å². The number of hydrogen-bond acceptors (Lipinski definition) is 2. The normalized spacial score (nSPS) is 13.3. The van der Waals surface area contributed by atoms with Crippen molar-refractivity contribution in [1.29, 1.82) is 0 Å². The van der Waals surface area contributed by atoms with Crippen LogP contribution in [0.3, 0.4) is 0 Å². The highest BCUT2D eigenvalue weighted by atomic mass is 19.1. The number of amides is 1. The first kappa shape index (κ1) is 16.5. The number of nitrogens with one attached hydrogen (secondary N) is 1. The van der Waals surface area contributed by atoms with Gasteiger partial charge in [0.05, 0.1) is 17.8 Å². The quantitative estimate of drug-likeness (QED) is 0.778. The van der Waals surface area contributed by atoms with Crippen LogP contribution in [0, 0.1) is 5.82 Å². The molecule has 0 radical (unpaired) electrons. The molecule has 132 valence electrons. The van der Waals surface area contributed by atoms with E-state index >= 15 is 0 Å². The minimum Gasteiger partial charge on any atom is -0.345 e. The summed E-state index contributed by atoms with van der Waals surface area (Å²) in [5, 5.41) is 2.81. The maximum atomic E-state index is 13.8. The van der Waals surface area contributed by atoms with E-state index in [1.54, 1.807) is 12.1 Å². The third-order valence-corrected chi connectivity index (χ3v) is 4.74. The van der Waals surface area contributed by atoms with Gasteiger partial charge in [0.25, 0.3) is 5.91 Å². The lowest BCUT2D eigenvalue weighted by atomic mass is 10.0. The van der Waals surface area contributed by atoms with E-state index in [9.17, 15) is 9.18 Å². The van der Waals surface area contributed by atoms with Gasteiger partial charge in [0.1, 0.15) is 11.6 Å². The van der Waals surface area contributed by atoms with E-state index in [4.69, 9.17) is 4.98 Å². The Bertz CT molecular complexity index is 934. The molecule has 0 aliphatic heterocycles. The van der Waals surface area contributed by atoms with Crippen LogP contribution in [-0.2, 0) is 19.4 Å². The fourth-order valence-corrected chi connectivity index (χ4v) is 3.50. The highest BCUT2D eigenvalue weighted by Crippen LogP contribution is 2.25. The second-order valence-corrected chi connectivity index (χ2v) is 6.46. The van der Waals surface area contributed by atoms with Crippen molar-refractivity contribution in [1.82, 2.24) is 14.9 Å². The first-order valence-corrected chi connectivity index (χ1v) is 8.91. The van der Waals surface area contributed by atoms with Crippen molar-refractivity contribution in [3.05, 3.63) is 83.2 Å². The molecular weight excluding hydrogens is 329 g/mol. The molecule has 26 heavy (non-hydrogen) atoms. The summed E-state index contributed by atoms with van der Waals surface area (Å²) in [6.45, 7) is 0.259. The average molecular weight is 349 g/mol. The van der Waals surface area contributed by atoms with E-state index in [2.05, 4.69) is 9.88 Å². The van der Waals surface area contributed by atoms with Crippen LogP contribution in [-0.4, -0.2) is 15.5 Å². The van der Waals surface area contributed by atoms with Crippen molar-refractivity contribution in [2.75, 3.05) is 0 Å². The van der Waals surface area contributed by atoms with Crippen LogP contribution >= 0.6 is 0 Å². The smallest absolute Gasteiger partial charge is 0.254 e. The number of rotatable bonds is 4. The van der Waals surface area contributed by atoms with Crippen LogP contribution < -0.4 is 5.32 Å². The van der Waals surface area contributed by atoms with Crippen molar-refractivity contribution in [2.24, 2.45) is 0 Å². The minimum absolute atomic E-state index is 0.0510. The third-order valence-electron chi connectivity index (χ3n) is 4.74. The Morgan fingerprint density at radius 1 is 1.04 bits per heavy atom. The first-order chi connectivity index (χ1) is 12.7. The second kappa shape index (κ2) is 7.12. The standard InChI is InChI=1S/C21H20FN3O/c22-17-11-5-4-10-16(17)21(26)23-14-20-24-18-12-6-7-13-19(18)25(20)15-8-2-1-3-9-15/h1-5,8-11H,6-7,12-14H2,(H,23,26). The fraction of sp³-hybridized carbons (Fsp3) is 0.238. The zero-order valence-electron chi connectivity index (χ0n) is 14.4. The average Bonchev–Trinajstić information content (AvgIpc) is 3.05. The van der Waals surface area contributed by atoms with Crippen molar-refractivity contribution in [3.8, 4) is 5.69 Å². The van der Waals surface area contributed by atoms with Gasteiger partial charge in [-0.25, -0.2) is 9.37 Å². The zero-order valence-corrected chi connectivity index (χ0v) is 14.4. The number of para-hydroxylation sites is 1. The lowest BCUT2D eigenvalue weighted by molar-refractivity contribution is 0.0945. The summed E-state index contributed by atoms with van der Waals surface area (Å²) in [6.07, 6.45) is 4.23. The Balaban J connectivity index is 1.63. The molecule has 0 unspecified atom stereocenters. The van der Waals surface area contributed by atoms with Crippen LogP contribution in [0.25, 0.3) is 5.69 Å². The lowest BCUT2D eigenvalue weighted by Crippen LogP contribution is -2.25. The van der Waals surface area contributed by atoms with Gasteiger partial charge in [-0.15, -0.1) is 0 Å². The Labute approximate surface area is 151 Å². The van der Waals surface area contributed by atoms with Gasteiger partial charge in [0.15, 0.2) is 0 Å². The maximum Gasteiger partial charge on any atom is 0.254 e. The molecular formula is C21H20FN3O. The molecule has 3 aromatic rings. The molecule has 2 aromatic carbocycles. The van der Waals surface area contributed by atoms with Gasteiger partial charge < -0.3 is 5.32 Å². The molecule has 1 N–H and O–H groups in total. The molecule has 0 fully saturated rings. The van der Waals surface area contributed by atoms with Gasteiger partial charge in [-0.05, 0) is 49.9 Å². The molecule has 0 bridgehead atoms. The minimum atomic E-state index is -0.518. The van der Waals surface area contributed by atoms with Crippen molar-refractivity contribution >= 4 is 5.91 Å². The van der Waals surface area contributed by atoms with E-state index in [0.29, 0.717) is 0 Å². The Morgan fingerprint density at radius 3 is 2.58 bits per heavy atom. The molecule has 0 spiro atoms. The summed E-state index contributed by atoms with van der Waals surface area (Å²) in [6, 6.07) is 16.0. The van der Waals surface area contributed by atoms with Gasteiger partial charge >= 0.3 is 0 Å². The largest absolute Gasteiger partial charge is 0.345 e. The van der Waals surface area contributed by atoms with E-state index in [0.717, 1.165) is 42.9 Å². The van der Waals surface area contributed by atoms with Gasteiger partial charge in [0.2, 0.25) is 0 Å². The number of fused-ring (bicyclic) bond motifs is 1. The molecule has 1 amide bonds. The van der Waals surface area contributed by atoms with Gasteiger partial charge in [-0.1, -0.05) is 30.3 Å². The third kappa shape index (κ3) is 3.12. The number of nitrogens with zero attached hydrogens (tertiary/aromatic N) is 2. The van der Waals surface area contributed by atoms with Gasteiger partial charge in [0, 0.05) is 11.4 Å². The first-order valence-electron chi connectivity index (χ1n) is 8.91. The number of halogens is 1. The summed E-state index contributed by atoms with van der Waals surface area (Å²) in [7, 11) is 0. The predicted molar refractivity (Wildman–Crippen MR) is 97.8 cm³/mol. The van der Waals surface area contributed by atoms with E-state index in [1.165, 1.54) is 17.8 Å². The molecule has 0 saturated heterocycles. The van der Waals surface area contributed by atoms with Gasteiger partial charge in [-0.3, -0.25) is 9.36 Å². The molecule has 1 aliphatic carbocycles. The molecule has 5 heteroatoms. The zero-order chi connectivity index (χ0) is 17.9. The summed E-state index contributed by atoms with van der Waals surface area (Å²) in [5.41, 5.74) is 3.42. The number of benzene rings is 2. The van der Waals surface area contributed by atoms with E-state index in [1.807, 2.05) is 30.3 Å². The molecule has 1 aliphatic rings. The Hall–Kier alpha value is -2.95.